The fourth-order valence-electron chi connectivity index (χ4n) is 3.72. The van der Waals surface area contributed by atoms with E-state index in [1.807, 2.05) is 44.2 Å². The highest BCUT2D eigenvalue weighted by molar-refractivity contribution is 5.95. The molecule has 0 radical (unpaired) electrons. The average molecular weight is 425 g/mol. The minimum Gasteiger partial charge on any atom is -0.485 e. The molecule has 5 rings (SSSR count). The zero-order valence-electron chi connectivity index (χ0n) is 17.5. The minimum atomic E-state index is -0.867. The Morgan fingerprint density at radius 2 is 1.97 bits per heavy atom. The Bertz CT molecular complexity index is 1400. The monoisotopic (exact) mass is 425 g/mol. The van der Waals surface area contributed by atoms with E-state index in [4.69, 9.17) is 14.5 Å². The fourth-order valence-corrected chi connectivity index (χ4v) is 3.72. The number of pyridine rings is 1. The van der Waals surface area contributed by atoms with Gasteiger partial charge in [-0.3, -0.25) is 4.79 Å². The summed E-state index contributed by atoms with van der Waals surface area (Å²) in [4.78, 5) is 17.7. The summed E-state index contributed by atoms with van der Waals surface area (Å²) >= 11 is 0. The van der Waals surface area contributed by atoms with Crippen LogP contribution in [-0.2, 0) is 4.79 Å². The smallest absolute Gasteiger partial charge is 0.270 e. The predicted molar refractivity (Wildman–Crippen MR) is 118 cm³/mol. The normalized spacial score (nSPS) is 14.7. The van der Waals surface area contributed by atoms with E-state index in [9.17, 15) is 10.1 Å². The quantitative estimate of drug-likeness (QED) is 0.537. The predicted octanol–water partition coefficient (Wildman–Crippen LogP) is 3.69. The summed E-state index contributed by atoms with van der Waals surface area (Å²) in [5.74, 6) is 1.39. The maximum Gasteiger partial charge on any atom is 0.270 e. The van der Waals surface area contributed by atoms with Crippen molar-refractivity contribution in [3.05, 3.63) is 71.4 Å². The summed E-state index contributed by atoms with van der Waals surface area (Å²) in [5.41, 5.74) is 3.10. The first-order valence-electron chi connectivity index (χ1n) is 10.1. The van der Waals surface area contributed by atoms with E-state index < -0.39 is 12.0 Å². The Balaban J connectivity index is 1.50. The molecule has 1 amide bonds. The van der Waals surface area contributed by atoms with E-state index >= 15 is 0 Å². The molecule has 0 aliphatic carbocycles. The van der Waals surface area contributed by atoms with Crippen molar-refractivity contribution in [3.63, 3.8) is 0 Å². The highest BCUT2D eigenvalue weighted by Crippen LogP contribution is 2.31. The van der Waals surface area contributed by atoms with Crippen LogP contribution in [0.2, 0.25) is 0 Å². The molecule has 0 bridgehead atoms. The van der Waals surface area contributed by atoms with Crippen LogP contribution in [0.4, 0.5) is 5.82 Å². The van der Waals surface area contributed by atoms with Crippen LogP contribution in [-0.4, -0.2) is 33.4 Å². The van der Waals surface area contributed by atoms with Crippen molar-refractivity contribution in [1.29, 1.82) is 5.26 Å². The summed E-state index contributed by atoms with van der Waals surface area (Å²) in [6.45, 7) is 4.04. The van der Waals surface area contributed by atoms with Gasteiger partial charge in [0, 0.05) is 5.39 Å². The first-order chi connectivity index (χ1) is 15.5. The van der Waals surface area contributed by atoms with Crippen LogP contribution in [0.5, 0.6) is 11.5 Å². The van der Waals surface area contributed by atoms with Crippen LogP contribution >= 0.6 is 0 Å². The highest BCUT2D eigenvalue weighted by atomic mass is 16.6. The zero-order chi connectivity index (χ0) is 22.2. The molecule has 32 heavy (non-hydrogen) atoms. The number of anilines is 1. The molecule has 0 saturated heterocycles. The summed E-state index contributed by atoms with van der Waals surface area (Å²) in [5, 5.41) is 17.7. The lowest BCUT2D eigenvalue weighted by Crippen LogP contribution is -2.40. The van der Waals surface area contributed by atoms with Crippen LogP contribution < -0.4 is 14.8 Å². The molecule has 1 aliphatic rings. The Morgan fingerprint density at radius 1 is 1.16 bits per heavy atom. The number of nitrogens with one attached hydrogen (secondary N) is 1. The van der Waals surface area contributed by atoms with Crippen LogP contribution in [0.25, 0.3) is 16.7 Å². The van der Waals surface area contributed by atoms with Gasteiger partial charge in [-0.2, -0.15) is 15.0 Å². The lowest BCUT2D eigenvalue weighted by molar-refractivity contribution is -0.125. The SMILES string of the molecule is Cc1cc(-n2ncc(C#N)c2NC(=O)C2COc3ccccc3O2)nc2c(C)cccc12. The van der Waals surface area contributed by atoms with Gasteiger partial charge < -0.3 is 14.8 Å². The van der Waals surface area contributed by atoms with Crippen molar-refractivity contribution in [1.82, 2.24) is 14.8 Å². The van der Waals surface area contributed by atoms with E-state index in [0.717, 1.165) is 22.0 Å². The molecule has 1 atom stereocenters. The molecule has 4 aromatic rings. The summed E-state index contributed by atoms with van der Waals surface area (Å²) in [6, 6.07) is 17.1. The van der Waals surface area contributed by atoms with E-state index in [0.29, 0.717) is 17.3 Å². The molecular formula is C24H19N5O3. The Labute approximate surface area is 184 Å². The molecule has 1 N–H and O–H groups in total. The number of para-hydroxylation sites is 3. The molecule has 3 heterocycles. The third-order valence-electron chi connectivity index (χ3n) is 5.38. The van der Waals surface area contributed by atoms with Crippen LogP contribution in [0.1, 0.15) is 16.7 Å². The van der Waals surface area contributed by atoms with Gasteiger partial charge in [0.15, 0.2) is 23.1 Å². The fraction of sp³-hybridized carbons (Fsp3) is 0.167. The van der Waals surface area contributed by atoms with Gasteiger partial charge >= 0.3 is 0 Å². The summed E-state index contributed by atoms with van der Waals surface area (Å²) in [6.07, 6.45) is 0.538. The second kappa shape index (κ2) is 7.71. The molecule has 2 aromatic carbocycles. The van der Waals surface area contributed by atoms with Gasteiger partial charge in [0.05, 0.1) is 11.7 Å². The number of amides is 1. The van der Waals surface area contributed by atoms with Gasteiger partial charge in [-0.05, 0) is 43.2 Å². The number of ether oxygens (including phenoxy) is 2. The molecule has 0 fully saturated rings. The van der Waals surface area contributed by atoms with Crippen molar-refractivity contribution in [3.8, 4) is 23.4 Å². The number of benzene rings is 2. The molecule has 158 valence electrons. The molecular weight excluding hydrogens is 406 g/mol. The topological polar surface area (TPSA) is 102 Å². The van der Waals surface area contributed by atoms with Crippen LogP contribution in [0.15, 0.2) is 54.7 Å². The molecule has 8 heteroatoms. The highest BCUT2D eigenvalue weighted by Gasteiger charge is 2.29. The van der Waals surface area contributed by atoms with Crippen LogP contribution in [0, 0.1) is 25.2 Å². The molecule has 1 unspecified atom stereocenters. The average Bonchev–Trinajstić information content (AvgIpc) is 3.21. The Hall–Kier alpha value is -4.38. The molecule has 1 aliphatic heterocycles. The van der Waals surface area contributed by atoms with Crippen molar-refractivity contribution in [2.24, 2.45) is 0 Å². The van der Waals surface area contributed by atoms with E-state index in [1.54, 1.807) is 18.2 Å². The number of carbonyl (C=O) groups excluding carboxylic acids is 1. The summed E-state index contributed by atoms with van der Waals surface area (Å²) in [7, 11) is 0. The number of carbonyl (C=O) groups is 1. The van der Waals surface area contributed by atoms with E-state index in [2.05, 4.69) is 16.5 Å². The van der Waals surface area contributed by atoms with Gasteiger partial charge in [-0.25, -0.2) is 4.98 Å². The lowest BCUT2D eigenvalue weighted by Gasteiger charge is -2.25. The maximum atomic E-state index is 13.0. The Kier molecular flexibility index (Phi) is 4.71. The number of hydrogen-bond donors (Lipinski definition) is 1. The lowest BCUT2D eigenvalue weighted by atomic mass is 10.1. The third kappa shape index (κ3) is 3.30. The van der Waals surface area contributed by atoms with Crippen molar-refractivity contribution in [2.45, 2.75) is 20.0 Å². The number of fused-ring (bicyclic) bond motifs is 2. The first kappa shape index (κ1) is 19.6. The molecule has 0 saturated carbocycles. The largest absolute Gasteiger partial charge is 0.485 e. The number of rotatable bonds is 3. The maximum absolute atomic E-state index is 13.0. The van der Waals surface area contributed by atoms with Gasteiger partial charge in [0.25, 0.3) is 5.91 Å². The van der Waals surface area contributed by atoms with Crippen molar-refractivity contribution in [2.75, 3.05) is 11.9 Å². The van der Waals surface area contributed by atoms with Gasteiger partial charge in [-0.15, -0.1) is 0 Å². The standard InChI is InChI=1S/C24H19N5O3/c1-14-6-5-7-17-15(2)10-21(27-22(14)17)29-23(16(11-25)12-26-29)28-24(30)20-13-31-18-8-3-4-9-19(18)32-20/h3-10,12,20H,13H2,1-2H3,(H,28,30). The third-order valence-corrected chi connectivity index (χ3v) is 5.38. The molecule has 0 spiro atoms. The van der Waals surface area contributed by atoms with E-state index in [-0.39, 0.29) is 18.0 Å². The van der Waals surface area contributed by atoms with E-state index in [1.165, 1.54) is 10.9 Å². The number of nitrogens with zero attached hydrogens (tertiary/aromatic N) is 4. The first-order valence-corrected chi connectivity index (χ1v) is 10.1. The zero-order valence-corrected chi connectivity index (χ0v) is 17.5. The number of nitriles is 1. The minimum absolute atomic E-state index is 0.0609. The van der Waals surface area contributed by atoms with Gasteiger partial charge in [-0.1, -0.05) is 30.3 Å². The second-order valence-corrected chi connectivity index (χ2v) is 7.55. The molecule has 8 nitrogen and oxygen atoms in total. The second-order valence-electron chi connectivity index (χ2n) is 7.55. The Morgan fingerprint density at radius 3 is 2.78 bits per heavy atom. The number of aromatic nitrogens is 3. The van der Waals surface area contributed by atoms with Gasteiger partial charge in [0.2, 0.25) is 6.10 Å². The summed E-state index contributed by atoms with van der Waals surface area (Å²) < 4.78 is 12.9. The van der Waals surface area contributed by atoms with Crippen molar-refractivity contribution < 1.29 is 14.3 Å². The molecule has 2 aromatic heterocycles. The van der Waals surface area contributed by atoms with Crippen LogP contribution in [0.3, 0.4) is 0 Å². The van der Waals surface area contributed by atoms with Gasteiger partial charge in [0.1, 0.15) is 18.2 Å². The van der Waals surface area contributed by atoms with Crippen molar-refractivity contribution >= 4 is 22.6 Å². The number of aryl methyl sites for hydroxylation is 2. The number of hydrogen-bond acceptors (Lipinski definition) is 6.